The molecule has 0 bridgehead atoms. The average Bonchev–Trinajstić information content (AvgIpc) is 2.94. The van der Waals surface area contributed by atoms with E-state index >= 15 is 0 Å². The molecule has 0 fully saturated rings. The Balaban J connectivity index is 1.70. The van der Waals surface area contributed by atoms with E-state index in [0.29, 0.717) is 5.69 Å². The van der Waals surface area contributed by atoms with Crippen LogP contribution >= 0.6 is 0 Å². The van der Waals surface area contributed by atoms with Gasteiger partial charge in [-0.3, -0.25) is 19.3 Å². The fourth-order valence-corrected chi connectivity index (χ4v) is 3.18. The van der Waals surface area contributed by atoms with Crippen LogP contribution in [0.1, 0.15) is 49.1 Å². The van der Waals surface area contributed by atoms with Crippen LogP contribution in [0.25, 0.3) is 0 Å². The van der Waals surface area contributed by atoms with E-state index in [1.807, 2.05) is 26.0 Å². The Labute approximate surface area is 174 Å². The number of carbonyl (C=O) groups excluding carboxylic acids is 4. The van der Waals surface area contributed by atoms with Crippen molar-refractivity contribution in [3.8, 4) is 0 Å². The SMILES string of the molecule is C=CCN1C(=O)c2ccc(C(=O)O[C@H](C)C(=O)Nc3ccc(C)cc3C)cc2C1=O. The first-order chi connectivity index (χ1) is 14.2. The molecule has 3 amide bonds. The Kier molecular flexibility index (Phi) is 5.82. The van der Waals surface area contributed by atoms with Gasteiger partial charge in [-0.15, -0.1) is 6.58 Å². The number of rotatable bonds is 6. The van der Waals surface area contributed by atoms with Gasteiger partial charge in [0.25, 0.3) is 17.7 Å². The summed E-state index contributed by atoms with van der Waals surface area (Å²) in [6.07, 6.45) is 0.397. The lowest BCUT2D eigenvalue weighted by Gasteiger charge is -2.15. The number of hydrogen-bond acceptors (Lipinski definition) is 5. The van der Waals surface area contributed by atoms with Crippen LogP contribution in [-0.2, 0) is 9.53 Å². The molecular weight excluding hydrogens is 384 g/mol. The molecule has 1 N–H and O–H groups in total. The van der Waals surface area contributed by atoms with Gasteiger partial charge in [0.1, 0.15) is 0 Å². The quantitative estimate of drug-likeness (QED) is 0.452. The van der Waals surface area contributed by atoms with Gasteiger partial charge in [-0.05, 0) is 50.6 Å². The van der Waals surface area contributed by atoms with Crippen LogP contribution in [-0.4, -0.2) is 41.2 Å². The van der Waals surface area contributed by atoms with E-state index < -0.39 is 29.8 Å². The third kappa shape index (κ3) is 4.00. The monoisotopic (exact) mass is 406 g/mol. The lowest BCUT2D eigenvalue weighted by molar-refractivity contribution is -0.123. The Bertz CT molecular complexity index is 1070. The highest BCUT2D eigenvalue weighted by Crippen LogP contribution is 2.24. The van der Waals surface area contributed by atoms with Crippen molar-refractivity contribution in [3.05, 3.63) is 76.9 Å². The van der Waals surface area contributed by atoms with E-state index in [1.54, 1.807) is 6.07 Å². The zero-order valence-electron chi connectivity index (χ0n) is 17.0. The molecule has 7 heteroatoms. The second kappa shape index (κ2) is 8.32. The highest BCUT2D eigenvalue weighted by molar-refractivity contribution is 6.22. The summed E-state index contributed by atoms with van der Waals surface area (Å²) in [5.74, 6) is -2.16. The third-order valence-electron chi connectivity index (χ3n) is 4.81. The molecule has 0 saturated carbocycles. The topological polar surface area (TPSA) is 92.8 Å². The fourth-order valence-electron chi connectivity index (χ4n) is 3.18. The molecule has 1 aliphatic heterocycles. The summed E-state index contributed by atoms with van der Waals surface area (Å²) in [6, 6.07) is 9.72. The maximum atomic E-state index is 12.5. The molecule has 0 unspecified atom stereocenters. The number of nitrogens with one attached hydrogen (secondary N) is 1. The van der Waals surface area contributed by atoms with E-state index in [9.17, 15) is 19.2 Å². The predicted molar refractivity (Wildman–Crippen MR) is 111 cm³/mol. The highest BCUT2D eigenvalue weighted by atomic mass is 16.5. The first kappa shape index (κ1) is 21.0. The minimum Gasteiger partial charge on any atom is -0.449 e. The Hall–Kier alpha value is -3.74. The van der Waals surface area contributed by atoms with Crippen LogP contribution in [0.3, 0.4) is 0 Å². The van der Waals surface area contributed by atoms with Crippen molar-refractivity contribution in [2.75, 3.05) is 11.9 Å². The molecule has 1 atom stereocenters. The third-order valence-corrected chi connectivity index (χ3v) is 4.81. The number of esters is 1. The molecule has 0 aliphatic carbocycles. The number of ether oxygens (including phenoxy) is 1. The van der Waals surface area contributed by atoms with Gasteiger partial charge in [-0.2, -0.15) is 0 Å². The van der Waals surface area contributed by atoms with Gasteiger partial charge in [0.15, 0.2) is 6.10 Å². The smallest absolute Gasteiger partial charge is 0.338 e. The van der Waals surface area contributed by atoms with Crippen molar-refractivity contribution < 1.29 is 23.9 Å². The molecule has 30 heavy (non-hydrogen) atoms. The number of imide groups is 1. The molecule has 2 aromatic rings. The van der Waals surface area contributed by atoms with Crippen LogP contribution in [0.2, 0.25) is 0 Å². The molecular formula is C23H22N2O5. The van der Waals surface area contributed by atoms with E-state index in [0.717, 1.165) is 16.0 Å². The highest BCUT2D eigenvalue weighted by Gasteiger charge is 2.35. The van der Waals surface area contributed by atoms with Gasteiger partial charge >= 0.3 is 5.97 Å². The van der Waals surface area contributed by atoms with Crippen LogP contribution in [0, 0.1) is 13.8 Å². The van der Waals surface area contributed by atoms with Crippen LogP contribution in [0.5, 0.6) is 0 Å². The van der Waals surface area contributed by atoms with Gasteiger partial charge in [-0.1, -0.05) is 23.8 Å². The van der Waals surface area contributed by atoms with E-state index in [1.165, 1.54) is 31.2 Å². The van der Waals surface area contributed by atoms with E-state index in [4.69, 9.17) is 4.74 Å². The summed E-state index contributed by atoms with van der Waals surface area (Å²) in [5, 5.41) is 2.74. The molecule has 0 radical (unpaired) electrons. The summed E-state index contributed by atoms with van der Waals surface area (Å²) in [5.41, 5.74) is 3.04. The standard InChI is InChI=1S/C23H22N2O5/c1-5-10-25-21(27)17-8-7-16(12-18(17)22(25)28)23(29)30-15(4)20(26)24-19-9-6-13(2)11-14(19)3/h5-9,11-12,15H,1,10H2,2-4H3,(H,24,26)/t15-/m1/s1. The van der Waals surface area contributed by atoms with Gasteiger partial charge in [0.05, 0.1) is 16.7 Å². The zero-order valence-corrected chi connectivity index (χ0v) is 17.0. The first-order valence-corrected chi connectivity index (χ1v) is 9.43. The lowest BCUT2D eigenvalue weighted by Crippen LogP contribution is -2.30. The normalized spacial score (nSPS) is 13.6. The second-order valence-corrected chi connectivity index (χ2v) is 7.13. The molecule has 7 nitrogen and oxygen atoms in total. The number of amides is 3. The molecule has 154 valence electrons. The van der Waals surface area contributed by atoms with Gasteiger partial charge in [-0.25, -0.2) is 4.79 Å². The average molecular weight is 406 g/mol. The largest absolute Gasteiger partial charge is 0.449 e. The number of fused-ring (bicyclic) bond motifs is 1. The molecule has 0 saturated heterocycles. The van der Waals surface area contributed by atoms with Gasteiger partial charge < -0.3 is 10.1 Å². The summed E-state index contributed by atoms with van der Waals surface area (Å²) < 4.78 is 5.25. The fraction of sp³-hybridized carbons (Fsp3) is 0.217. The van der Waals surface area contributed by atoms with E-state index in [-0.39, 0.29) is 23.2 Å². The Morgan fingerprint density at radius 3 is 2.47 bits per heavy atom. The first-order valence-electron chi connectivity index (χ1n) is 9.43. The van der Waals surface area contributed by atoms with Crippen LogP contribution in [0.15, 0.2) is 49.1 Å². The molecule has 1 heterocycles. The van der Waals surface area contributed by atoms with Crippen LogP contribution in [0.4, 0.5) is 5.69 Å². The number of anilines is 1. The predicted octanol–water partition coefficient (Wildman–Crippen LogP) is 3.27. The van der Waals surface area contributed by atoms with Crippen molar-refractivity contribution in [2.24, 2.45) is 0 Å². The maximum absolute atomic E-state index is 12.5. The molecule has 2 aromatic carbocycles. The summed E-state index contributed by atoms with van der Waals surface area (Å²) in [7, 11) is 0. The minimum atomic E-state index is -1.05. The van der Waals surface area contributed by atoms with Gasteiger partial charge in [0, 0.05) is 12.2 Å². The van der Waals surface area contributed by atoms with Crippen molar-refractivity contribution >= 4 is 29.4 Å². The van der Waals surface area contributed by atoms with E-state index in [2.05, 4.69) is 11.9 Å². The lowest BCUT2D eigenvalue weighted by atomic mass is 10.1. The Morgan fingerprint density at radius 1 is 1.10 bits per heavy atom. The molecule has 0 aromatic heterocycles. The van der Waals surface area contributed by atoms with Crippen molar-refractivity contribution in [2.45, 2.75) is 26.9 Å². The summed E-state index contributed by atoms with van der Waals surface area (Å²) >= 11 is 0. The number of benzene rings is 2. The van der Waals surface area contributed by atoms with Gasteiger partial charge in [0.2, 0.25) is 0 Å². The van der Waals surface area contributed by atoms with Crippen molar-refractivity contribution in [3.63, 3.8) is 0 Å². The minimum absolute atomic E-state index is 0.0847. The van der Waals surface area contributed by atoms with Crippen molar-refractivity contribution in [1.82, 2.24) is 4.90 Å². The molecule has 0 spiro atoms. The number of aryl methyl sites for hydroxylation is 2. The summed E-state index contributed by atoms with van der Waals surface area (Å²) in [4.78, 5) is 50.6. The molecule has 3 rings (SSSR count). The maximum Gasteiger partial charge on any atom is 0.338 e. The second-order valence-electron chi connectivity index (χ2n) is 7.13. The summed E-state index contributed by atoms with van der Waals surface area (Å²) in [6.45, 7) is 8.91. The van der Waals surface area contributed by atoms with Crippen LogP contribution < -0.4 is 5.32 Å². The number of nitrogens with zero attached hydrogens (tertiary/aromatic N) is 1. The molecule has 1 aliphatic rings. The zero-order chi connectivity index (χ0) is 22.0. The number of carbonyl (C=O) groups is 4. The Morgan fingerprint density at radius 2 is 1.80 bits per heavy atom. The number of hydrogen-bond donors (Lipinski definition) is 1. The van der Waals surface area contributed by atoms with Crippen molar-refractivity contribution in [1.29, 1.82) is 0 Å².